The molecule has 0 heterocycles. The maximum absolute atomic E-state index is 11.1. The minimum absolute atomic E-state index is 0.0794. The summed E-state index contributed by atoms with van der Waals surface area (Å²) in [6.07, 6.45) is 2.05. The van der Waals surface area contributed by atoms with Gasteiger partial charge < -0.3 is 10.8 Å². The van der Waals surface area contributed by atoms with Crippen LogP contribution in [0.15, 0.2) is 18.2 Å². The third kappa shape index (κ3) is 3.24. The topological polar surface area (TPSA) is 63.3 Å². The fourth-order valence-electron chi connectivity index (χ4n) is 2.20. The van der Waals surface area contributed by atoms with Crippen molar-refractivity contribution in [2.75, 3.05) is 6.54 Å². The van der Waals surface area contributed by atoms with Crippen LogP contribution in [0.5, 0.6) is 0 Å². The van der Waals surface area contributed by atoms with Gasteiger partial charge in [0, 0.05) is 11.6 Å². The molecule has 0 saturated carbocycles. The van der Waals surface area contributed by atoms with Gasteiger partial charge in [0.2, 0.25) is 0 Å². The Morgan fingerprint density at radius 3 is 2.39 bits per heavy atom. The van der Waals surface area contributed by atoms with Crippen molar-refractivity contribution >= 4 is 17.6 Å². The predicted octanol–water partition coefficient (Wildman–Crippen LogP) is 3.37. The summed E-state index contributed by atoms with van der Waals surface area (Å²) >= 11 is 6.25. The van der Waals surface area contributed by atoms with Crippen LogP contribution in [0.25, 0.3) is 0 Å². The largest absolute Gasteiger partial charge is 0.481 e. The van der Waals surface area contributed by atoms with Gasteiger partial charge in [0.1, 0.15) is 0 Å². The lowest BCUT2D eigenvalue weighted by atomic mass is 9.91. The van der Waals surface area contributed by atoms with Gasteiger partial charge in [-0.1, -0.05) is 37.6 Å². The highest BCUT2D eigenvalue weighted by Gasteiger charge is 2.20. The zero-order valence-electron chi connectivity index (χ0n) is 10.8. The summed E-state index contributed by atoms with van der Waals surface area (Å²) in [5.41, 5.74) is 7.24. The van der Waals surface area contributed by atoms with Gasteiger partial charge in [0.15, 0.2) is 0 Å². The van der Waals surface area contributed by atoms with Gasteiger partial charge in [-0.25, -0.2) is 0 Å². The van der Waals surface area contributed by atoms with E-state index in [0.717, 1.165) is 18.4 Å². The van der Waals surface area contributed by atoms with E-state index in [-0.39, 0.29) is 6.54 Å². The van der Waals surface area contributed by atoms with Crippen LogP contribution in [0, 0.1) is 0 Å². The third-order valence-electron chi connectivity index (χ3n) is 3.39. The average Bonchev–Trinajstić information content (AvgIpc) is 2.33. The van der Waals surface area contributed by atoms with Crippen molar-refractivity contribution in [3.63, 3.8) is 0 Å². The van der Waals surface area contributed by atoms with Gasteiger partial charge in [-0.05, 0) is 36.0 Å². The molecule has 0 aliphatic carbocycles. The molecule has 0 spiro atoms. The summed E-state index contributed by atoms with van der Waals surface area (Å²) in [6, 6.07) is 5.49. The molecule has 1 unspecified atom stereocenters. The summed E-state index contributed by atoms with van der Waals surface area (Å²) in [5.74, 6) is -1.17. The van der Waals surface area contributed by atoms with Gasteiger partial charge in [0.25, 0.3) is 0 Å². The Hall–Kier alpha value is -1.06. The highest BCUT2D eigenvalue weighted by molar-refractivity contribution is 6.31. The second-order valence-corrected chi connectivity index (χ2v) is 4.83. The van der Waals surface area contributed by atoms with Gasteiger partial charge in [-0.15, -0.1) is 0 Å². The molecule has 0 radical (unpaired) electrons. The van der Waals surface area contributed by atoms with Crippen molar-refractivity contribution in [3.8, 4) is 0 Å². The molecule has 1 aromatic carbocycles. The molecule has 0 saturated heterocycles. The molecule has 1 aromatic rings. The first-order valence-corrected chi connectivity index (χ1v) is 6.65. The van der Waals surface area contributed by atoms with Crippen LogP contribution >= 0.6 is 11.6 Å². The first-order chi connectivity index (χ1) is 8.54. The van der Waals surface area contributed by atoms with E-state index >= 15 is 0 Å². The Morgan fingerprint density at radius 1 is 1.39 bits per heavy atom. The summed E-state index contributed by atoms with van der Waals surface area (Å²) in [7, 11) is 0. The molecule has 0 aliphatic heterocycles. The van der Waals surface area contributed by atoms with Crippen LogP contribution in [0.3, 0.4) is 0 Å². The minimum atomic E-state index is -0.913. The molecule has 0 aliphatic rings. The Balaban J connectivity index is 3.08. The summed E-state index contributed by atoms with van der Waals surface area (Å²) < 4.78 is 0. The van der Waals surface area contributed by atoms with E-state index in [1.807, 2.05) is 12.1 Å². The lowest BCUT2D eigenvalue weighted by Crippen LogP contribution is -2.21. The second kappa shape index (κ2) is 6.76. The number of carbonyl (C=O) groups is 1. The fraction of sp³-hybridized carbons (Fsp3) is 0.500. The predicted molar refractivity (Wildman–Crippen MR) is 74.2 cm³/mol. The summed E-state index contributed by atoms with van der Waals surface area (Å²) in [6.45, 7) is 4.33. The van der Waals surface area contributed by atoms with Crippen LogP contribution < -0.4 is 5.73 Å². The van der Waals surface area contributed by atoms with Gasteiger partial charge >= 0.3 is 5.97 Å². The highest BCUT2D eigenvalue weighted by Crippen LogP contribution is 2.31. The molecule has 1 rings (SSSR count). The quantitative estimate of drug-likeness (QED) is 0.832. The minimum Gasteiger partial charge on any atom is -0.481 e. The monoisotopic (exact) mass is 269 g/mol. The van der Waals surface area contributed by atoms with Gasteiger partial charge in [-0.3, -0.25) is 4.79 Å². The van der Waals surface area contributed by atoms with Crippen molar-refractivity contribution in [3.05, 3.63) is 34.3 Å². The first kappa shape index (κ1) is 15.0. The van der Waals surface area contributed by atoms with E-state index in [9.17, 15) is 4.79 Å². The lowest BCUT2D eigenvalue weighted by molar-refractivity contribution is -0.138. The lowest BCUT2D eigenvalue weighted by Gasteiger charge is -2.17. The number of hydrogen-bond donors (Lipinski definition) is 2. The zero-order valence-corrected chi connectivity index (χ0v) is 11.6. The Morgan fingerprint density at radius 2 is 2.00 bits per heavy atom. The number of nitrogens with two attached hydrogens (primary N) is 1. The first-order valence-electron chi connectivity index (χ1n) is 6.27. The van der Waals surface area contributed by atoms with Crippen molar-refractivity contribution < 1.29 is 9.90 Å². The summed E-state index contributed by atoms with van der Waals surface area (Å²) in [5, 5.41) is 9.71. The number of carboxylic acid groups (broad SMARTS) is 1. The van der Waals surface area contributed by atoms with Crippen LogP contribution in [0.2, 0.25) is 5.02 Å². The van der Waals surface area contributed by atoms with Crippen LogP contribution in [0.1, 0.15) is 49.7 Å². The van der Waals surface area contributed by atoms with Crippen molar-refractivity contribution in [1.82, 2.24) is 0 Å². The average molecular weight is 270 g/mol. The number of halogens is 1. The van der Waals surface area contributed by atoms with Gasteiger partial charge in [-0.2, -0.15) is 0 Å². The normalized spacial score (nSPS) is 12.7. The summed E-state index contributed by atoms with van der Waals surface area (Å²) in [4.78, 5) is 11.1. The van der Waals surface area contributed by atoms with Crippen molar-refractivity contribution in [2.24, 2.45) is 5.73 Å². The molecule has 100 valence electrons. The van der Waals surface area contributed by atoms with E-state index in [0.29, 0.717) is 16.5 Å². The molecule has 4 heteroatoms. The maximum atomic E-state index is 11.1. The second-order valence-electron chi connectivity index (χ2n) is 4.42. The number of rotatable bonds is 6. The molecule has 0 amide bonds. The standard InChI is InChI=1S/C14H20ClNO2/c1-3-9(4-2)11-6-5-10(7-13(11)15)12(8-16)14(17)18/h5-7,9,12H,3-4,8,16H2,1-2H3,(H,17,18). The molecular weight excluding hydrogens is 250 g/mol. The van der Waals surface area contributed by atoms with Crippen LogP contribution in [0.4, 0.5) is 0 Å². The van der Waals surface area contributed by atoms with E-state index in [1.165, 1.54) is 0 Å². The molecule has 18 heavy (non-hydrogen) atoms. The van der Waals surface area contributed by atoms with Crippen LogP contribution in [-0.4, -0.2) is 17.6 Å². The van der Waals surface area contributed by atoms with E-state index in [4.69, 9.17) is 22.4 Å². The number of carboxylic acids is 1. The molecule has 0 fully saturated rings. The van der Waals surface area contributed by atoms with Crippen LogP contribution in [-0.2, 0) is 4.79 Å². The third-order valence-corrected chi connectivity index (χ3v) is 3.71. The zero-order chi connectivity index (χ0) is 13.7. The smallest absolute Gasteiger partial charge is 0.312 e. The maximum Gasteiger partial charge on any atom is 0.312 e. The Labute approximate surface area is 113 Å². The molecule has 3 nitrogen and oxygen atoms in total. The van der Waals surface area contributed by atoms with Gasteiger partial charge in [0.05, 0.1) is 5.92 Å². The van der Waals surface area contributed by atoms with E-state index < -0.39 is 11.9 Å². The number of hydrogen-bond acceptors (Lipinski definition) is 2. The molecular formula is C14H20ClNO2. The Bertz CT molecular complexity index is 416. The molecule has 1 atom stereocenters. The number of aliphatic carboxylic acids is 1. The van der Waals surface area contributed by atoms with Crippen molar-refractivity contribution in [2.45, 2.75) is 38.5 Å². The highest BCUT2D eigenvalue weighted by atomic mass is 35.5. The Kier molecular flexibility index (Phi) is 5.63. The van der Waals surface area contributed by atoms with Crippen molar-refractivity contribution in [1.29, 1.82) is 0 Å². The number of benzene rings is 1. The molecule has 0 bridgehead atoms. The SMILES string of the molecule is CCC(CC)c1ccc(C(CN)C(=O)O)cc1Cl. The molecule has 3 N–H and O–H groups in total. The fourth-order valence-corrected chi connectivity index (χ4v) is 2.54. The molecule has 0 aromatic heterocycles. The van der Waals surface area contributed by atoms with E-state index in [2.05, 4.69) is 13.8 Å². The van der Waals surface area contributed by atoms with E-state index in [1.54, 1.807) is 6.07 Å².